The summed E-state index contributed by atoms with van der Waals surface area (Å²) in [4.78, 5) is 12.3. The van der Waals surface area contributed by atoms with Crippen molar-refractivity contribution in [2.24, 2.45) is 5.41 Å². The predicted octanol–water partition coefficient (Wildman–Crippen LogP) is 4.99. The molecule has 1 aromatic carbocycles. The van der Waals surface area contributed by atoms with E-state index in [-0.39, 0.29) is 17.4 Å². The van der Waals surface area contributed by atoms with Crippen molar-refractivity contribution in [1.29, 1.82) is 0 Å². The Hall–Kier alpha value is -0.0600. The number of hydrogen-bond donors (Lipinski definition) is 1. The molecule has 0 aliphatic rings. The Morgan fingerprint density at radius 2 is 2.00 bits per heavy atom. The van der Waals surface area contributed by atoms with Crippen molar-refractivity contribution in [2.75, 3.05) is 5.88 Å². The lowest BCUT2D eigenvalue weighted by Crippen LogP contribution is -2.44. The van der Waals surface area contributed by atoms with Crippen LogP contribution in [0, 0.1) is 5.41 Å². The van der Waals surface area contributed by atoms with Gasteiger partial charge < -0.3 is 5.32 Å². The third-order valence-electron chi connectivity index (χ3n) is 2.92. The lowest BCUT2D eigenvalue weighted by atomic mass is 9.85. The fourth-order valence-corrected chi connectivity index (χ4v) is 2.74. The van der Waals surface area contributed by atoms with E-state index < -0.39 is 0 Å². The molecule has 19 heavy (non-hydrogen) atoms. The van der Waals surface area contributed by atoms with Crippen LogP contribution in [-0.4, -0.2) is 17.8 Å². The molecule has 1 rings (SSSR count). The summed E-state index contributed by atoms with van der Waals surface area (Å²) in [5.41, 5.74) is 0.599. The first kappa shape index (κ1) is 17.0. The van der Waals surface area contributed by atoms with E-state index in [0.717, 1.165) is 15.4 Å². The molecule has 0 radical (unpaired) electrons. The fraction of sp³-hybridized carbons (Fsp3) is 0.500. The van der Waals surface area contributed by atoms with Crippen LogP contribution >= 0.6 is 43.5 Å². The maximum absolute atomic E-state index is 12.3. The van der Waals surface area contributed by atoms with E-state index in [0.29, 0.717) is 11.4 Å². The van der Waals surface area contributed by atoms with Gasteiger partial charge in [-0.05, 0) is 46.0 Å². The molecule has 1 N–H and O–H groups in total. The van der Waals surface area contributed by atoms with Gasteiger partial charge in [0.25, 0.3) is 5.91 Å². The Kier molecular flexibility index (Phi) is 6.34. The summed E-state index contributed by atoms with van der Waals surface area (Å²) in [6, 6.07) is 5.59. The van der Waals surface area contributed by atoms with Crippen molar-refractivity contribution in [2.45, 2.75) is 33.2 Å². The van der Waals surface area contributed by atoms with Gasteiger partial charge in [0.15, 0.2) is 0 Å². The summed E-state index contributed by atoms with van der Waals surface area (Å²) in [6.07, 6.45) is 0.752. The Labute approximate surface area is 136 Å². The monoisotopic (exact) mass is 409 g/mol. The second-order valence-corrected chi connectivity index (χ2v) is 7.64. The molecule has 0 fully saturated rings. The minimum Gasteiger partial charge on any atom is -0.349 e. The van der Waals surface area contributed by atoms with Gasteiger partial charge >= 0.3 is 0 Å². The number of amides is 1. The van der Waals surface area contributed by atoms with Crippen molar-refractivity contribution in [3.05, 3.63) is 32.7 Å². The molecule has 0 saturated carbocycles. The summed E-state index contributed by atoms with van der Waals surface area (Å²) in [5.74, 6) is 0.445. The average Bonchev–Trinajstić information content (AvgIpc) is 2.30. The second-order valence-electron chi connectivity index (χ2n) is 5.49. The van der Waals surface area contributed by atoms with Gasteiger partial charge in [-0.25, -0.2) is 0 Å². The number of benzene rings is 1. The van der Waals surface area contributed by atoms with Crippen molar-refractivity contribution in [3.63, 3.8) is 0 Å². The molecule has 1 aromatic rings. The van der Waals surface area contributed by atoms with Crippen LogP contribution in [-0.2, 0) is 0 Å². The van der Waals surface area contributed by atoms with Gasteiger partial charge in [0.1, 0.15) is 0 Å². The molecular weight excluding hydrogens is 393 g/mol. The highest BCUT2D eigenvalue weighted by atomic mass is 79.9. The Morgan fingerprint density at radius 3 is 2.53 bits per heavy atom. The summed E-state index contributed by atoms with van der Waals surface area (Å²) in [5, 5.41) is 3.07. The average molecular weight is 412 g/mol. The van der Waals surface area contributed by atoms with Crippen molar-refractivity contribution >= 4 is 49.4 Å². The number of alkyl halides is 1. The van der Waals surface area contributed by atoms with Gasteiger partial charge in [0.05, 0.1) is 5.56 Å². The third-order valence-corrected chi connectivity index (χ3v) is 4.32. The quantitative estimate of drug-likeness (QED) is 0.695. The number of carbonyl (C=O) groups is 1. The highest BCUT2D eigenvalue weighted by molar-refractivity contribution is 9.11. The zero-order chi connectivity index (χ0) is 14.6. The summed E-state index contributed by atoms with van der Waals surface area (Å²) in [7, 11) is 0. The molecule has 1 amide bonds. The molecule has 2 nitrogen and oxygen atoms in total. The van der Waals surface area contributed by atoms with Crippen LogP contribution in [0.25, 0.3) is 0 Å². The molecule has 0 bridgehead atoms. The molecule has 1 atom stereocenters. The maximum Gasteiger partial charge on any atom is 0.252 e. The number of rotatable bonds is 4. The SMILES string of the molecule is CC(C)(C)C(CCCl)NC(=O)c1cc(Br)ccc1Br. The molecule has 5 heteroatoms. The van der Waals surface area contributed by atoms with Crippen LogP contribution in [0.15, 0.2) is 27.1 Å². The molecule has 0 heterocycles. The number of nitrogens with one attached hydrogen (secondary N) is 1. The number of hydrogen-bond acceptors (Lipinski definition) is 1. The predicted molar refractivity (Wildman–Crippen MR) is 87.9 cm³/mol. The largest absolute Gasteiger partial charge is 0.349 e. The smallest absolute Gasteiger partial charge is 0.252 e. The highest BCUT2D eigenvalue weighted by Gasteiger charge is 2.26. The lowest BCUT2D eigenvalue weighted by Gasteiger charge is -2.31. The molecule has 1 unspecified atom stereocenters. The van der Waals surface area contributed by atoms with Gasteiger partial charge in [-0.15, -0.1) is 11.6 Å². The number of halogens is 3. The first-order valence-electron chi connectivity index (χ1n) is 6.07. The van der Waals surface area contributed by atoms with Crippen LogP contribution in [0.4, 0.5) is 0 Å². The number of carbonyl (C=O) groups excluding carboxylic acids is 1. The first-order valence-corrected chi connectivity index (χ1v) is 8.19. The van der Waals surface area contributed by atoms with E-state index in [4.69, 9.17) is 11.6 Å². The van der Waals surface area contributed by atoms with Gasteiger partial charge in [0.2, 0.25) is 0 Å². The van der Waals surface area contributed by atoms with Crippen molar-refractivity contribution in [3.8, 4) is 0 Å². The highest BCUT2D eigenvalue weighted by Crippen LogP contribution is 2.25. The van der Waals surface area contributed by atoms with E-state index in [1.807, 2.05) is 12.1 Å². The molecule has 0 aromatic heterocycles. The zero-order valence-corrected chi connectivity index (χ0v) is 15.2. The zero-order valence-electron chi connectivity index (χ0n) is 11.3. The minimum atomic E-state index is -0.0850. The van der Waals surface area contributed by atoms with Crippen LogP contribution in [0.5, 0.6) is 0 Å². The van der Waals surface area contributed by atoms with E-state index >= 15 is 0 Å². The minimum absolute atomic E-state index is 0.0248. The Balaban J connectivity index is 2.91. The molecule has 0 spiro atoms. The fourth-order valence-electron chi connectivity index (χ4n) is 1.74. The van der Waals surface area contributed by atoms with Crippen LogP contribution in [0.2, 0.25) is 0 Å². The van der Waals surface area contributed by atoms with Gasteiger partial charge in [-0.2, -0.15) is 0 Å². The van der Waals surface area contributed by atoms with Gasteiger partial charge in [-0.3, -0.25) is 4.79 Å². The normalized spacial score (nSPS) is 13.2. The van der Waals surface area contributed by atoms with Crippen molar-refractivity contribution < 1.29 is 4.79 Å². The van der Waals surface area contributed by atoms with Gasteiger partial charge in [0, 0.05) is 20.9 Å². The van der Waals surface area contributed by atoms with E-state index in [2.05, 4.69) is 57.9 Å². The summed E-state index contributed by atoms with van der Waals surface area (Å²) < 4.78 is 1.66. The van der Waals surface area contributed by atoms with Crippen LogP contribution in [0.1, 0.15) is 37.6 Å². The molecule has 0 saturated heterocycles. The summed E-state index contributed by atoms with van der Waals surface area (Å²) >= 11 is 12.6. The molecular formula is C14H18Br2ClNO. The van der Waals surface area contributed by atoms with Crippen LogP contribution in [0.3, 0.4) is 0 Å². The standard InChI is InChI=1S/C14H18Br2ClNO/c1-14(2,3)12(6-7-17)18-13(19)10-8-9(15)4-5-11(10)16/h4-5,8,12H,6-7H2,1-3H3,(H,18,19). The molecule has 0 aliphatic carbocycles. The maximum atomic E-state index is 12.3. The Bertz CT molecular complexity index is 457. The van der Waals surface area contributed by atoms with E-state index in [9.17, 15) is 4.79 Å². The molecule has 0 aliphatic heterocycles. The lowest BCUT2D eigenvalue weighted by molar-refractivity contribution is 0.0899. The molecule has 106 valence electrons. The van der Waals surface area contributed by atoms with E-state index in [1.54, 1.807) is 6.07 Å². The van der Waals surface area contributed by atoms with E-state index in [1.165, 1.54) is 0 Å². The van der Waals surface area contributed by atoms with Gasteiger partial charge in [-0.1, -0.05) is 36.7 Å². The Morgan fingerprint density at radius 1 is 1.37 bits per heavy atom. The summed E-state index contributed by atoms with van der Waals surface area (Å²) in [6.45, 7) is 6.29. The topological polar surface area (TPSA) is 29.1 Å². The van der Waals surface area contributed by atoms with Crippen molar-refractivity contribution in [1.82, 2.24) is 5.32 Å². The van der Waals surface area contributed by atoms with Crippen LogP contribution < -0.4 is 5.32 Å². The first-order chi connectivity index (χ1) is 8.75. The second kappa shape index (κ2) is 7.09. The third kappa shape index (κ3) is 5.09.